The lowest BCUT2D eigenvalue weighted by Gasteiger charge is -2.17. The monoisotopic (exact) mass is 346 g/mol. The number of ether oxygens (including phenoxy) is 1. The third-order valence-corrected chi connectivity index (χ3v) is 3.38. The Morgan fingerprint density at radius 2 is 1.48 bits per heavy atom. The van der Waals surface area contributed by atoms with Crippen LogP contribution < -0.4 is 4.74 Å². The number of benzene rings is 1. The van der Waals surface area contributed by atoms with Gasteiger partial charge in [0.15, 0.2) is 0 Å². The fourth-order valence-electron chi connectivity index (χ4n) is 2.19. The largest absolute Gasteiger partial charge is 0.490 e. The number of unbranched alkanes of at least 4 members (excludes halogenated alkanes) is 5. The first kappa shape index (κ1) is 21.9. The van der Waals surface area contributed by atoms with E-state index in [0.717, 1.165) is 12.2 Å². The van der Waals surface area contributed by atoms with E-state index in [9.17, 15) is 0 Å². The van der Waals surface area contributed by atoms with Gasteiger partial charge >= 0.3 is 10.4 Å². The van der Waals surface area contributed by atoms with E-state index in [0.29, 0.717) is 6.10 Å². The van der Waals surface area contributed by atoms with E-state index in [1.54, 1.807) is 0 Å². The first-order chi connectivity index (χ1) is 10.9. The molecule has 1 rings (SSSR count). The highest BCUT2D eigenvalue weighted by atomic mass is 32.3. The zero-order valence-corrected chi connectivity index (χ0v) is 15.0. The first-order valence-corrected chi connectivity index (χ1v) is 9.68. The quantitative estimate of drug-likeness (QED) is 0.463. The molecule has 0 aromatic heterocycles. The van der Waals surface area contributed by atoms with Gasteiger partial charge in [-0.2, -0.15) is 8.42 Å². The van der Waals surface area contributed by atoms with Gasteiger partial charge in [-0.05, 0) is 31.4 Å². The Kier molecular flexibility index (Phi) is 12.7. The Labute approximate surface area is 140 Å². The van der Waals surface area contributed by atoms with E-state index in [1.807, 2.05) is 30.3 Å². The van der Waals surface area contributed by atoms with Crippen LogP contribution in [0.2, 0.25) is 0 Å². The summed E-state index contributed by atoms with van der Waals surface area (Å²) in [6.07, 6.45) is 10.8. The summed E-state index contributed by atoms with van der Waals surface area (Å²) in [4.78, 5) is 0. The maximum atomic E-state index is 8.74. The molecule has 1 atom stereocenters. The lowest BCUT2D eigenvalue weighted by molar-refractivity contribution is 0.182. The molecule has 0 aliphatic heterocycles. The fraction of sp³-hybridized carbons (Fsp3) is 0.647. The number of hydrogen-bond acceptors (Lipinski definition) is 3. The molecule has 0 spiro atoms. The lowest BCUT2D eigenvalue weighted by atomic mass is 10.1. The Balaban J connectivity index is 0.000000841. The van der Waals surface area contributed by atoms with E-state index in [2.05, 4.69) is 13.8 Å². The topological polar surface area (TPSA) is 83.8 Å². The van der Waals surface area contributed by atoms with Gasteiger partial charge in [0, 0.05) is 0 Å². The van der Waals surface area contributed by atoms with Gasteiger partial charge in [0.2, 0.25) is 0 Å². The van der Waals surface area contributed by atoms with Crippen molar-refractivity contribution in [2.75, 3.05) is 0 Å². The maximum Gasteiger partial charge on any atom is 0.394 e. The summed E-state index contributed by atoms with van der Waals surface area (Å²) in [6.45, 7) is 4.48. The second kappa shape index (κ2) is 13.3. The predicted octanol–water partition coefficient (Wildman–Crippen LogP) is 4.94. The highest BCUT2D eigenvalue weighted by Crippen LogP contribution is 2.17. The van der Waals surface area contributed by atoms with E-state index in [-0.39, 0.29) is 0 Å². The van der Waals surface area contributed by atoms with Crippen molar-refractivity contribution in [3.05, 3.63) is 30.3 Å². The molecule has 0 saturated carbocycles. The minimum atomic E-state index is -4.67. The van der Waals surface area contributed by atoms with Gasteiger partial charge in [0.25, 0.3) is 0 Å². The highest BCUT2D eigenvalue weighted by molar-refractivity contribution is 7.79. The summed E-state index contributed by atoms with van der Waals surface area (Å²) >= 11 is 0. The molecule has 134 valence electrons. The van der Waals surface area contributed by atoms with Crippen LogP contribution in [0.4, 0.5) is 0 Å². The molecule has 1 aromatic carbocycles. The van der Waals surface area contributed by atoms with Crippen LogP contribution in [0.5, 0.6) is 5.75 Å². The molecule has 0 saturated heterocycles. The molecule has 1 unspecified atom stereocenters. The zero-order valence-electron chi connectivity index (χ0n) is 14.1. The van der Waals surface area contributed by atoms with Crippen molar-refractivity contribution in [1.82, 2.24) is 0 Å². The van der Waals surface area contributed by atoms with Gasteiger partial charge in [-0.15, -0.1) is 0 Å². The minimum Gasteiger partial charge on any atom is -0.490 e. The van der Waals surface area contributed by atoms with Crippen molar-refractivity contribution in [3.63, 3.8) is 0 Å². The third kappa shape index (κ3) is 17.1. The van der Waals surface area contributed by atoms with Gasteiger partial charge in [-0.25, -0.2) is 0 Å². The smallest absolute Gasteiger partial charge is 0.394 e. The average Bonchev–Trinajstić information content (AvgIpc) is 2.49. The van der Waals surface area contributed by atoms with Crippen molar-refractivity contribution in [3.8, 4) is 5.75 Å². The summed E-state index contributed by atoms with van der Waals surface area (Å²) in [5.74, 6) is 1.01. The minimum absolute atomic E-state index is 0.388. The summed E-state index contributed by atoms with van der Waals surface area (Å²) in [7, 11) is -4.67. The second-order valence-electron chi connectivity index (χ2n) is 5.47. The van der Waals surface area contributed by atoms with Crippen LogP contribution >= 0.6 is 0 Å². The van der Waals surface area contributed by atoms with Gasteiger partial charge in [0.1, 0.15) is 5.75 Å². The molecule has 0 aliphatic rings. The zero-order chi connectivity index (χ0) is 17.6. The summed E-state index contributed by atoms with van der Waals surface area (Å²) in [5.41, 5.74) is 0. The van der Waals surface area contributed by atoms with Gasteiger partial charge in [-0.1, -0.05) is 64.2 Å². The van der Waals surface area contributed by atoms with Gasteiger partial charge < -0.3 is 4.74 Å². The van der Waals surface area contributed by atoms with Crippen LogP contribution in [0.15, 0.2) is 30.3 Å². The van der Waals surface area contributed by atoms with Crippen molar-refractivity contribution >= 4 is 10.4 Å². The Bertz CT molecular complexity index is 465. The standard InChI is InChI=1S/C17H28O.H2O4S/c1-3-5-6-7-8-10-13-16(4-2)18-17-14-11-9-12-15-17;1-5(2,3)4/h9,11-12,14-16H,3-8,10,13H2,1-2H3;(H2,1,2,3,4). The third-order valence-electron chi connectivity index (χ3n) is 3.38. The molecule has 1 aromatic rings. The van der Waals surface area contributed by atoms with Gasteiger partial charge in [0.05, 0.1) is 6.10 Å². The van der Waals surface area contributed by atoms with Crippen LogP contribution in [0.1, 0.15) is 65.2 Å². The highest BCUT2D eigenvalue weighted by Gasteiger charge is 2.07. The summed E-state index contributed by atoms with van der Waals surface area (Å²) in [6, 6.07) is 10.2. The van der Waals surface area contributed by atoms with E-state index in [1.165, 1.54) is 44.9 Å². The van der Waals surface area contributed by atoms with Crippen LogP contribution in [-0.2, 0) is 10.4 Å². The Morgan fingerprint density at radius 3 is 2.00 bits per heavy atom. The molecule has 23 heavy (non-hydrogen) atoms. The molecule has 0 fully saturated rings. The first-order valence-electron chi connectivity index (χ1n) is 8.28. The number of rotatable bonds is 10. The van der Waals surface area contributed by atoms with Crippen molar-refractivity contribution in [2.24, 2.45) is 0 Å². The summed E-state index contributed by atoms with van der Waals surface area (Å²) < 4.78 is 37.6. The number of para-hydroxylation sites is 1. The Morgan fingerprint density at radius 1 is 0.957 bits per heavy atom. The molecule has 0 amide bonds. The summed E-state index contributed by atoms with van der Waals surface area (Å²) in [5, 5.41) is 0. The number of hydrogen-bond donors (Lipinski definition) is 2. The molecule has 0 bridgehead atoms. The predicted molar refractivity (Wildman–Crippen MR) is 93.3 cm³/mol. The van der Waals surface area contributed by atoms with Crippen LogP contribution in [0.3, 0.4) is 0 Å². The second-order valence-corrected chi connectivity index (χ2v) is 6.36. The van der Waals surface area contributed by atoms with Crippen LogP contribution in [-0.4, -0.2) is 23.6 Å². The Hall–Kier alpha value is -1.11. The van der Waals surface area contributed by atoms with Crippen LogP contribution in [0.25, 0.3) is 0 Å². The van der Waals surface area contributed by atoms with E-state index < -0.39 is 10.4 Å². The van der Waals surface area contributed by atoms with E-state index in [4.69, 9.17) is 22.3 Å². The SMILES string of the molecule is CCCCCCCCC(CC)Oc1ccccc1.O=S(=O)(O)O. The fourth-order valence-corrected chi connectivity index (χ4v) is 2.19. The van der Waals surface area contributed by atoms with Crippen LogP contribution in [0, 0.1) is 0 Å². The molecule has 0 radical (unpaired) electrons. The van der Waals surface area contributed by atoms with E-state index >= 15 is 0 Å². The molecule has 0 aliphatic carbocycles. The lowest BCUT2D eigenvalue weighted by Crippen LogP contribution is -2.15. The van der Waals surface area contributed by atoms with Gasteiger partial charge in [-0.3, -0.25) is 9.11 Å². The molecular weight excluding hydrogens is 316 g/mol. The van der Waals surface area contributed by atoms with Crippen molar-refractivity contribution in [2.45, 2.75) is 71.3 Å². The van der Waals surface area contributed by atoms with Crippen molar-refractivity contribution < 1.29 is 22.3 Å². The average molecular weight is 346 g/mol. The maximum absolute atomic E-state index is 8.74. The molecular formula is C17H30O5S. The molecule has 5 nitrogen and oxygen atoms in total. The molecule has 0 heterocycles. The van der Waals surface area contributed by atoms with Crippen molar-refractivity contribution in [1.29, 1.82) is 0 Å². The molecule has 6 heteroatoms. The normalized spacial score (nSPS) is 12.2. The molecule has 2 N–H and O–H groups in total.